The maximum Gasteiger partial charge on any atom is 0.337 e. The van der Waals surface area contributed by atoms with E-state index >= 15 is 0 Å². The smallest absolute Gasteiger partial charge is 0.337 e. The number of carbonyl (C=O) groups is 2. The number of β-amino-alcohol motifs (C(OH)–C–C–N with tert-alkyl or cyclic N) is 1. The fourth-order valence-corrected chi connectivity index (χ4v) is 2.83. The molecule has 0 saturated heterocycles. The topological polar surface area (TPSA) is 78.9 Å². The van der Waals surface area contributed by atoms with Gasteiger partial charge in [0.1, 0.15) is 11.5 Å². The number of methoxy groups -OCH3 is 1. The van der Waals surface area contributed by atoms with Crippen LogP contribution in [-0.2, 0) is 14.3 Å². The van der Waals surface area contributed by atoms with Gasteiger partial charge in [-0.3, -0.25) is 4.79 Å². The van der Waals surface area contributed by atoms with Gasteiger partial charge in [0.15, 0.2) is 5.82 Å². The largest absolute Gasteiger partial charge is 0.466 e. The van der Waals surface area contributed by atoms with Gasteiger partial charge < -0.3 is 20.1 Å². The summed E-state index contributed by atoms with van der Waals surface area (Å²) in [6.45, 7) is 0.907. The minimum absolute atomic E-state index is 0.00782. The molecule has 1 heterocycles. The van der Waals surface area contributed by atoms with Gasteiger partial charge in [0.25, 0.3) is 5.91 Å². The minimum atomic E-state index is -0.874. The zero-order valence-electron chi connectivity index (χ0n) is 13.0. The van der Waals surface area contributed by atoms with Crippen molar-refractivity contribution in [2.45, 2.75) is 6.92 Å². The van der Waals surface area contributed by atoms with Crippen molar-refractivity contribution >= 4 is 33.5 Å². The summed E-state index contributed by atoms with van der Waals surface area (Å²) in [5.41, 5.74) is -0.540. The standard InChI is InChI=1S/C15H15BrF2N2O4/c1-7-11(17)9(16)5-10(12(7)18)19-13-8(15(23)24-2)6-20(3-4-21)14(13)22/h5,19,21H,3-4,6H2,1-2H3. The zero-order chi connectivity index (χ0) is 18.0. The molecule has 1 aromatic carbocycles. The van der Waals surface area contributed by atoms with Crippen LogP contribution in [0.4, 0.5) is 14.5 Å². The highest BCUT2D eigenvalue weighted by molar-refractivity contribution is 9.10. The number of aliphatic hydroxyl groups is 1. The molecule has 0 bridgehead atoms. The number of aliphatic hydroxyl groups excluding tert-OH is 1. The van der Waals surface area contributed by atoms with Crippen molar-refractivity contribution in [3.63, 3.8) is 0 Å². The summed E-state index contributed by atoms with van der Waals surface area (Å²) >= 11 is 2.97. The van der Waals surface area contributed by atoms with E-state index in [1.807, 2.05) is 0 Å². The number of benzene rings is 1. The number of nitrogens with zero attached hydrogens (tertiary/aromatic N) is 1. The number of esters is 1. The van der Waals surface area contributed by atoms with Crippen LogP contribution in [0, 0.1) is 18.6 Å². The molecule has 130 valence electrons. The normalized spacial score (nSPS) is 14.4. The summed E-state index contributed by atoms with van der Waals surface area (Å²) in [5, 5.41) is 11.5. The van der Waals surface area contributed by atoms with Gasteiger partial charge in [0.2, 0.25) is 0 Å². The molecule has 2 N–H and O–H groups in total. The predicted molar refractivity (Wildman–Crippen MR) is 85.1 cm³/mol. The Hall–Kier alpha value is -2.00. The maximum atomic E-state index is 14.3. The lowest BCUT2D eigenvalue weighted by molar-refractivity contribution is -0.136. The van der Waals surface area contributed by atoms with E-state index in [4.69, 9.17) is 5.11 Å². The van der Waals surface area contributed by atoms with Gasteiger partial charge in [0.05, 0.1) is 36.0 Å². The summed E-state index contributed by atoms with van der Waals surface area (Å²) in [6.07, 6.45) is 0. The van der Waals surface area contributed by atoms with E-state index in [1.165, 1.54) is 11.8 Å². The number of hydrogen-bond donors (Lipinski definition) is 2. The van der Waals surface area contributed by atoms with Crippen LogP contribution in [0.1, 0.15) is 5.56 Å². The Kier molecular flexibility index (Phi) is 5.55. The Morgan fingerprint density at radius 2 is 2.12 bits per heavy atom. The van der Waals surface area contributed by atoms with Gasteiger partial charge in [-0.05, 0) is 28.9 Å². The van der Waals surface area contributed by atoms with Gasteiger partial charge in [-0.2, -0.15) is 0 Å². The molecule has 0 atom stereocenters. The number of hydrogen-bond acceptors (Lipinski definition) is 5. The molecular formula is C15H15BrF2N2O4. The first-order valence-electron chi connectivity index (χ1n) is 6.94. The van der Waals surface area contributed by atoms with Crippen molar-refractivity contribution < 1.29 is 28.2 Å². The van der Waals surface area contributed by atoms with Crippen molar-refractivity contribution in [2.24, 2.45) is 0 Å². The first-order valence-corrected chi connectivity index (χ1v) is 7.73. The van der Waals surface area contributed by atoms with Crippen LogP contribution >= 0.6 is 15.9 Å². The average Bonchev–Trinajstić information content (AvgIpc) is 2.87. The molecule has 0 unspecified atom stereocenters. The van der Waals surface area contributed by atoms with Gasteiger partial charge in [-0.25, -0.2) is 13.6 Å². The van der Waals surface area contributed by atoms with Crippen LogP contribution < -0.4 is 5.32 Å². The van der Waals surface area contributed by atoms with E-state index in [0.29, 0.717) is 0 Å². The highest BCUT2D eigenvalue weighted by atomic mass is 79.9. The number of anilines is 1. The van der Waals surface area contributed by atoms with E-state index in [1.54, 1.807) is 0 Å². The van der Waals surface area contributed by atoms with Crippen molar-refractivity contribution in [2.75, 3.05) is 32.1 Å². The first-order chi connectivity index (χ1) is 11.3. The number of halogens is 3. The van der Waals surface area contributed by atoms with E-state index < -0.39 is 23.5 Å². The molecule has 0 fully saturated rings. The van der Waals surface area contributed by atoms with E-state index in [0.717, 1.165) is 13.2 Å². The molecule has 1 aliphatic heterocycles. The van der Waals surface area contributed by atoms with Crippen LogP contribution in [-0.4, -0.2) is 48.7 Å². The van der Waals surface area contributed by atoms with Gasteiger partial charge in [0, 0.05) is 12.1 Å². The van der Waals surface area contributed by atoms with Crippen molar-refractivity contribution in [1.82, 2.24) is 4.90 Å². The Labute approximate surface area is 145 Å². The number of amides is 1. The van der Waals surface area contributed by atoms with Crippen LogP contribution in [0.25, 0.3) is 0 Å². The molecule has 0 aliphatic carbocycles. The summed E-state index contributed by atoms with van der Waals surface area (Å²) in [4.78, 5) is 25.4. The Morgan fingerprint density at radius 3 is 2.71 bits per heavy atom. The molecule has 0 saturated carbocycles. The highest BCUT2D eigenvalue weighted by Gasteiger charge is 2.35. The average molecular weight is 405 g/mol. The fraction of sp³-hybridized carbons (Fsp3) is 0.333. The Bertz CT molecular complexity index is 737. The fourth-order valence-electron chi connectivity index (χ4n) is 2.31. The molecule has 2 rings (SSSR count). The van der Waals surface area contributed by atoms with Gasteiger partial charge in [-0.15, -0.1) is 0 Å². The summed E-state index contributed by atoms with van der Waals surface area (Å²) in [7, 11) is 1.16. The second-order valence-electron chi connectivity index (χ2n) is 5.08. The van der Waals surface area contributed by atoms with E-state index in [2.05, 4.69) is 26.0 Å². The molecule has 1 aliphatic rings. The summed E-state index contributed by atoms with van der Waals surface area (Å²) in [6, 6.07) is 1.14. The number of nitrogens with one attached hydrogen (secondary N) is 1. The Morgan fingerprint density at radius 1 is 1.46 bits per heavy atom. The summed E-state index contributed by atoms with van der Waals surface area (Å²) < 4.78 is 32.6. The third kappa shape index (κ3) is 3.27. The zero-order valence-corrected chi connectivity index (χ0v) is 14.5. The van der Waals surface area contributed by atoms with E-state index in [-0.39, 0.29) is 46.7 Å². The second-order valence-corrected chi connectivity index (χ2v) is 5.93. The van der Waals surface area contributed by atoms with Crippen LogP contribution in [0.5, 0.6) is 0 Å². The van der Waals surface area contributed by atoms with Crippen LogP contribution in [0.3, 0.4) is 0 Å². The van der Waals surface area contributed by atoms with Gasteiger partial charge in [-0.1, -0.05) is 0 Å². The lowest BCUT2D eigenvalue weighted by atomic mass is 10.1. The van der Waals surface area contributed by atoms with Crippen molar-refractivity contribution in [3.05, 3.63) is 39.0 Å². The second kappa shape index (κ2) is 7.27. The number of carbonyl (C=O) groups excluding carboxylic acids is 2. The Balaban J connectivity index is 2.45. The molecule has 1 aromatic rings. The molecule has 1 amide bonds. The molecular weight excluding hydrogens is 390 g/mol. The summed E-state index contributed by atoms with van der Waals surface area (Å²) in [5.74, 6) is -2.95. The third-order valence-corrected chi connectivity index (χ3v) is 4.17. The predicted octanol–water partition coefficient (Wildman–Crippen LogP) is 1.71. The van der Waals surface area contributed by atoms with Crippen LogP contribution in [0.2, 0.25) is 0 Å². The lowest BCUT2D eigenvalue weighted by Gasteiger charge is -2.15. The third-order valence-electron chi connectivity index (χ3n) is 3.59. The molecule has 24 heavy (non-hydrogen) atoms. The number of ether oxygens (including phenoxy) is 1. The van der Waals surface area contributed by atoms with Gasteiger partial charge >= 0.3 is 5.97 Å². The first kappa shape index (κ1) is 18.3. The molecule has 9 heteroatoms. The highest BCUT2D eigenvalue weighted by Crippen LogP contribution is 2.30. The molecule has 0 spiro atoms. The van der Waals surface area contributed by atoms with Crippen molar-refractivity contribution in [3.8, 4) is 0 Å². The molecule has 6 nitrogen and oxygen atoms in total. The minimum Gasteiger partial charge on any atom is -0.466 e. The number of rotatable bonds is 5. The van der Waals surface area contributed by atoms with Crippen LogP contribution in [0.15, 0.2) is 21.8 Å². The molecule has 0 aromatic heterocycles. The molecule has 0 radical (unpaired) electrons. The maximum absolute atomic E-state index is 14.3. The lowest BCUT2D eigenvalue weighted by Crippen LogP contribution is -2.31. The van der Waals surface area contributed by atoms with Crippen molar-refractivity contribution in [1.29, 1.82) is 0 Å². The quantitative estimate of drug-likeness (QED) is 0.576. The van der Waals surface area contributed by atoms with E-state index in [9.17, 15) is 18.4 Å². The monoisotopic (exact) mass is 404 g/mol. The SMILES string of the molecule is COC(=O)C1=C(Nc2cc(Br)c(F)c(C)c2F)C(=O)N(CCO)C1.